The molecule has 0 spiro atoms. The largest absolute Gasteiger partial charge is 0.354 e. The smallest absolute Gasteiger partial charge is 0.307 e. The van der Waals surface area contributed by atoms with Gasteiger partial charge >= 0.3 is 4.87 Å². The molecule has 1 atom stereocenters. The van der Waals surface area contributed by atoms with Crippen LogP contribution in [-0.4, -0.2) is 17.0 Å². The zero-order valence-corrected chi connectivity index (χ0v) is 13.2. The molecule has 0 bridgehead atoms. The molecule has 5 heteroatoms. The maximum atomic E-state index is 12.0. The van der Waals surface area contributed by atoms with Crippen LogP contribution in [0.15, 0.2) is 40.5 Å². The average molecular weight is 304 g/mol. The van der Waals surface area contributed by atoms with Gasteiger partial charge in [0.1, 0.15) is 6.54 Å². The fourth-order valence-electron chi connectivity index (χ4n) is 2.26. The molecule has 0 aliphatic carbocycles. The Hall–Kier alpha value is -1.88. The van der Waals surface area contributed by atoms with Crippen molar-refractivity contribution in [2.24, 2.45) is 0 Å². The lowest BCUT2D eigenvalue weighted by molar-refractivity contribution is -0.121. The maximum absolute atomic E-state index is 12.0. The summed E-state index contributed by atoms with van der Waals surface area (Å²) >= 11 is 1.13. The normalized spacial score (nSPS) is 12.1. The van der Waals surface area contributed by atoms with Gasteiger partial charge in [0, 0.05) is 23.5 Å². The van der Waals surface area contributed by atoms with Crippen LogP contribution in [-0.2, 0) is 11.3 Å². The molecule has 0 aliphatic rings. The van der Waals surface area contributed by atoms with Crippen LogP contribution in [0.1, 0.15) is 30.5 Å². The van der Waals surface area contributed by atoms with E-state index in [4.69, 9.17) is 0 Å². The number of rotatable bonds is 6. The van der Waals surface area contributed by atoms with E-state index in [1.165, 1.54) is 10.1 Å². The minimum atomic E-state index is -0.118. The molecule has 2 aromatic rings. The van der Waals surface area contributed by atoms with Gasteiger partial charge in [0.05, 0.1) is 0 Å². The summed E-state index contributed by atoms with van der Waals surface area (Å²) in [6, 6.07) is 10.2. The van der Waals surface area contributed by atoms with Gasteiger partial charge in [-0.15, -0.1) is 0 Å². The molecular formula is C16H20N2O2S. The van der Waals surface area contributed by atoms with Gasteiger partial charge in [-0.1, -0.05) is 48.6 Å². The van der Waals surface area contributed by atoms with Crippen LogP contribution in [0, 0.1) is 6.92 Å². The van der Waals surface area contributed by atoms with Crippen molar-refractivity contribution in [3.63, 3.8) is 0 Å². The van der Waals surface area contributed by atoms with Crippen LogP contribution >= 0.6 is 11.3 Å². The summed E-state index contributed by atoms with van der Waals surface area (Å²) in [5, 5.41) is 4.70. The number of amides is 1. The summed E-state index contributed by atoms with van der Waals surface area (Å²) in [5.74, 6) is 0.184. The molecule has 21 heavy (non-hydrogen) atoms. The zero-order valence-electron chi connectivity index (χ0n) is 12.3. The molecule has 0 saturated heterocycles. The number of thiazole rings is 1. The summed E-state index contributed by atoms with van der Waals surface area (Å²) in [6.45, 7) is 4.64. The van der Waals surface area contributed by atoms with E-state index in [1.807, 2.05) is 25.1 Å². The Morgan fingerprint density at radius 2 is 2.05 bits per heavy atom. The van der Waals surface area contributed by atoms with Gasteiger partial charge in [0.15, 0.2) is 0 Å². The van der Waals surface area contributed by atoms with Gasteiger partial charge in [-0.3, -0.25) is 14.2 Å². The van der Waals surface area contributed by atoms with E-state index in [1.54, 1.807) is 5.38 Å². The van der Waals surface area contributed by atoms with Gasteiger partial charge < -0.3 is 5.32 Å². The van der Waals surface area contributed by atoms with E-state index in [0.717, 1.165) is 23.5 Å². The standard InChI is InChI=1S/C16H20N2O2S/c1-3-13(14-7-5-4-6-8-14)9-17-15(19)10-18-12(2)11-21-16(18)20/h4-8,11,13H,3,9-10H2,1-2H3,(H,17,19)/t13-/m0/s1. The highest BCUT2D eigenvalue weighted by Crippen LogP contribution is 2.17. The predicted molar refractivity (Wildman–Crippen MR) is 85.8 cm³/mol. The summed E-state index contributed by atoms with van der Waals surface area (Å²) in [5.41, 5.74) is 2.06. The highest BCUT2D eigenvalue weighted by molar-refractivity contribution is 7.07. The molecule has 0 aliphatic heterocycles. The molecule has 0 unspecified atom stereocenters. The summed E-state index contributed by atoms with van der Waals surface area (Å²) < 4.78 is 1.50. The van der Waals surface area contributed by atoms with Crippen molar-refractivity contribution in [1.29, 1.82) is 0 Å². The topological polar surface area (TPSA) is 51.1 Å². The van der Waals surface area contributed by atoms with E-state index in [2.05, 4.69) is 24.4 Å². The minimum absolute atomic E-state index is 0.0854. The van der Waals surface area contributed by atoms with Crippen molar-refractivity contribution >= 4 is 17.2 Å². The highest BCUT2D eigenvalue weighted by Gasteiger charge is 2.12. The monoisotopic (exact) mass is 304 g/mol. The molecule has 1 heterocycles. The molecule has 112 valence electrons. The highest BCUT2D eigenvalue weighted by atomic mass is 32.1. The van der Waals surface area contributed by atoms with Crippen molar-refractivity contribution in [2.45, 2.75) is 32.7 Å². The molecule has 4 nitrogen and oxygen atoms in total. The second-order valence-corrected chi connectivity index (χ2v) is 5.87. The van der Waals surface area contributed by atoms with Gasteiger partial charge in [-0.05, 0) is 18.9 Å². The van der Waals surface area contributed by atoms with Crippen molar-refractivity contribution in [3.05, 3.63) is 56.6 Å². The first-order chi connectivity index (χ1) is 10.1. The summed E-state index contributed by atoms with van der Waals surface area (Å²) in [7, 11) is 0. The third-order valence-electron chi connectivity index (χ3n) is 3.59. The molecule has 1 aromatic heterocycles. The van der Waals surface area contributed by atoms with E-state index in [-0.39, 0.29) is 17.3 Å². The minimum Gasteiger partial charge on any atom is -0.354 e. The number of carbonyl (C=O) groups excluding carboxylic acids is 1. The van der Waals surface area contributed by atoms with Crippen LogP contribution in [0.25, 0.3) is 0 Å². The fourth-order valence-corrected chi connectivity index (χ4v) is 2.99. The lowest BCUT2D eigenvalue weighted by atomic mass is 9.96. The van der Waals surface area contributed by atoms with E-state index >= 15 is 0 Å². The Kier molecular flexibility index (Phi) is 5.33. The van der Waals surface area contributed by atoms with Gasteiger partial charge in [0.2, 0.25) is 5.91 Å². The Morgan fingerprint density at radius 1 is 1.33 bits per heavy atom. The summed E-state index contributed by atoms with van der Waals surface area (Å²) in [4.78, 5) is 23.5. The molecule has 1 aromatic carbocycles. The van der Waals surface area contributed by atoms with Crippen molar-refractivity contribution in [3.8, 4) is 0 Å². The average Bonchev–Trinajstić information content (AvgIpc) is 2.81. The second kappa shape index (κ2) is 7.22. The van der Waals surface area contributed by atoms with Gasteiger partial charge in [0.25, 0.3) is 0 Å². The SMILES string of the molecule is CC[C@@H](CNC(=O)Cn1c(C)csc1=O)c1ccccc1. The molecule has 1 amide bonds. The second-order valence-electron chi connectivity index (χ2n) is 5.05. The molecule has 0 radical (unpaired) electrons. The lowest BCUT2D eigenvalue weighted by Crippen LogP contribution is -2.33. The van der Waals surface area contributed by atoms with Gasteiger partial charge in [-0.2, -0.15) is 0 Å². The summed E-state index contributed by atoms with van der Waals surface area (Å²) in [6.07, 6.45) is 0.960. The number of aryl methyl sites for hydroxylation is 1. The Labute approximate surface area is 128 Å². The van der Waals surface area contributed by atoms with Crippen LogP contribution in [0.3, 0.4) is 0 Å². The third kappa shape index (κ3) is 4.04. The number of nitrogens with zero attached hydrogens (tertiary/aromatic N) is 1. The zero-order chi connectivity index (χ0) is 15.2. The first-order valence-corrected chi connectivity index (χ1v) is 7.96. The molecular weight excluding hydrogens is 284 g/mol. The Balaban J connectivity index is 1.93. The third-order valence-corrected chi connectivity index (χ3v) is 4.47. The molecule has 0 fully saturated rings. The number of hydrogen-bond donors (Lipinski definition) is 1. The number of carbonyl (C=O) groups is 1. The quantitative estimate of drug-likeness (QED) is 0.891. The lowest BCUT2D eigenvalue weighted by Gasteiger charge is -2.16. The van der Waals surface area contributed by atoms with Crippen LogP contribution in [0.2, 0.25) is 0 Å². The van der Waals surface area contributed by atoms with Gasteiger partial charge in [-0.25, -0.2) is 0 Å². The first kappa shape index (κ1) is 15.5. The maximum Gasteiger partial charge on any atom is 0.307 e. The van der Waals surface area contributed by atoms with Crippen molar-refractivity contribution in [2.75, 3.05) is 6.54 Å². The van der Waals surface area contributed by atoms with E-state index in [9.17, 15) is 9.59 Å². The first-order valence-electron chi connectivity index (χ1n) is 7.08. The van der Waals surface area contributed by atoms with Crippen molar-refractivity contribution < 1.29 is 4.79 Å². The number of nitrogens with one attached hydrogen (secondary N) is 1. The predicted octanol–water partition coefficient (Wildman–Crippen LogP) is 2.53. The Bertz CT molecular complexity index is 646. The number of aromatic nitrogens is 1. The van der Waals surface area contributed by atoms with Crippen molar-refractivity contribution in [1.82, 2.24) is 9.88 Å². The van der Waals surface area contributed by atoms with Crippen LogP contribution in [0.5, 0.6) is 0 Å². The van der Waals surface area contributed by atoms with Crippen LogP contribution in [0.4, 0.5) is 0 Å². The molecule has 1 N–H and O–H groups in total. The molecule has 0 saturated carbocycles. The fraction of sp³-hybridized carbons (Fsp3) is 0.375. The Morgan fingerprint density at radius 3 is 2.62 bits per heavy atom. The van der Waals surface area contributed by atoms with E-state index < -0.39 is 0 Å². The number of benzene rings is 1. The number of hydrogen-bond acceptors (Lipinski definition) is 3. The van der Waals surface area contributed by atoms with Crippen LogP contribution < -0.4 is 10.2 Å². The van der Waals surface area contributed by atoms with E-state index in [0.29, 0.717) is 12.5 Å². The molecule has 2 rings (SSSR count).